The van der Waals surface area contributed by atoms with Gasteiger partial charge in [-0.1, -0.05) is 20.8 Å². The molecule has 7 heteroatoms. The number of halogens is 3. The monoisotopic (exact) mass is 411 g/mol. The molecule has 1 amide bonds. The van der Waals surface area contributed by atoms with Gasteiger partial charge in [-0.05, 0) is 54.6 Å². The first-order valence-electron chi connectivity index (χ1n) is 10.6. The molecule has 1 aromatic rings. The number of likely N-dealkylation sites (tertiary alicyclic amines) is 1. The van der Waals surface area contributed by atoms with E-state index in [0.29, 0.717) is 43.2 Å². The van der Waals surface area contributed by atoms with Gasteiger partial charge in [-0.2, -0.15) is 13.2 Å². The van der Waals surface area contributed by atoms with Crippen molar-refractivity contribution in [1.29, 1.82) is 0 Å². The van der Waals surface area contributed by atoms with Crippen LogP contribution < -0.4 is 4.90 Å². The Morgan fingerprint density at radius 3 is 2.31 bits per heavy atom. The van der Waals surface area contributed by atoms with Crippen LogP contribution in [0.5, 0.6) is 0 Å². The number of aromatic nitrogens is 1. The first-order chi connectivity index (χ1) is 13.6. The maximum absolute atomic E-state index is 13.5. The summed E-state index contributed by atoms with van der Waals surface area (Å²) < 4.78 is 40.5. The van der Waals surface area contributed by atoms with Gasteiger partial charge in [0.2, 0.25) is 5.91 Å². The third-order valence-electron chi connectivity index (χ3n) is 6.73. The molecule has 2 saturated heterocycles. The summed E-state index contributed by atoms with van der Waals surface area (Å²) in [6, 6.07) is 1.70. The van der Waals surface area contributed by atoms with Crippen LogP contribution in [0.25, 0.3) is 0 Å². The predicted molar refractivity (Wildman–Crippen MR) is 108 cm³/mol. The van der Waals surface area contributed by atoms with Crippen LogP contribution in [-0.4, -0.2) is 42.0 Å². The molecule has 0 saturated carbocycles. The van der Waals surface area contributed by atoms with Crippen molar-refractivity contribution in [2.45, 2.75) is 53.1 Å². The molecular formula is C22H32F3N3O. The van der Waals surface area contributed by atoms with Crippen molar-refractivity contribution in [3.63, 3.8) is 0 Å². The van der Waals surface area contributed by atoms with Gasteiger partial charge in [0.25, 0.3) is 0 Å². The summed E-state index contributed by atoms with van der Waals surface area (Å²) in [6.45, 7) is 10.8. The van der Waals surface area contributed by atoms with Crippen molar-refractivity contribution in [1.82, 2.24) is 9.88 Å². The number of hydrogen-bond donors (Lipinski definition) is 0. The summed E-state index contributed by atoms with van der Waals surface area (Å²) in [5, 5.41) is 0. The normalized spacial score (nSPS) is 20.1. The van der Waals surface area contributed by atoms with E-state index in [1.54, 1.807) is 13.0 Å². The Labute approximate surface area is 171 Å². The molecule has 162 valence electrons. The molecule has 1 aromatic heterocycles. The van der Waals surface area contributed by atoms with E-state index in [0.717, 1.165) is 31.5 Å². The largest absolute Gasteiger partial charge is 0.435 e. The SMILES string of the molecule is CC(=O)N1CCC(C(C)Cc2cnc(C(F)(F)F)c(N3CC(C(C)C)C3)c2)CC1. The van der Waals surface area contributed by atoms with E-state index in [-0.39, 0.29) is 11.6 Å². The summed E-state index contributed by atoms with van der Waals surface area (Å²) in [5.74, 6) is 1.84. The molecule has 0 spiro atoms. The highest BCUT2D eigenvalue weighted by molar-refractivity contribution is 5.73. The van der Waals surface area contributed by atoms with E-state index in [4.69, 9.17) is 0 Å². The lowest BCUT2D eigenvalue weighted by molar-refractivity contribution is -0.140. The maximum atomic E-state index is 13.5. The summed E-state index contributed by atoms with van der Waals surface area (Å²) in [6.07, 6.45) is -0.437. The Morgan fingerprint density at radius 2 is 1.79 bits per heavy atom. The predicted octanol–water partition coefficient (Wildman–Crippen LogP) is 4.63. The second-order valence-corrected chi connectivity index (χ2v) is 9.14. The van der Waals surface area contributed by atoms with Crippen LogP contribution in [0.3, 0.4) is 0 Å². The van der Waals surface area contributed by atoms with Crippen LogP contribution in [0.2, 0.25) is 0 Å². The fraction of sp³-hybridized carbons (Fsp3) is 0.727. The minimum atomic E-state index is -4.44. The Morgan fingerprint density at radius 1 is 1.17 bits per heavy atom. The number of nitrogens with zero attached hydrogens (tertiary/aromatic N) is 3. The number of amides is 1. The van der Waals surface area contributed by atoms with Gasteiger partial charge in [0.05, 0.1) is 5.69 Å². The molecule has 3 heterocycles. The summed E-state index contributed by atoms with van der Waals surface area (Å²) in [7, 11) is 0. The van der Waals surface area contributed by atoms with Crippen molar-refractivity contribution >= 4 is 11.6 Å². The standard InChI is InChI=1S/C22H32F3N3O/c1-14(2)19-12-28(13-19)20-10-17(11-26-21(20)22(23,24)25)9-15(3)18-5-7-27(8-6-18)16(4)29/h10-11,14-15,18-19H,5-9,12-13H2,1-4H3. The van der Waals surface area contributed by atoms with Gasteiger partial charge in [0, 0.05) is 39.3 Å². The number of carbonyl (C=O) groups excluding carboxylic acids is 1. The van der Waals surface area contributed by atoms with Crippen molar-refractivity contribution in [2.75, 3.05) is 31.1 Å². The molecule has 2 aliphatic heterocycles. The minimum absolute atomic E-state index is 0.113. The van der Waals surface area contributed by atoms with Gasteiger partial charge in [-0.15, -0.1) is 0 Å². The van der Waals surface area contributed by atoms with Gasteiger partial charge in [-0.3, -0.25) is 4.79 Å². The topological polar surface area (TPSA) is 36.4 Å². The zero-order valence-corrected chi connectivity index (χ0v) is 17.8. The lowest BCUT2D eigenvalue weighted by Gasteiger charge is -2.44. The Kier molecular flexibility index (Phi) is 6.44. The van der Waals surface area contributed by atoms with Crippen molar-refractivity contribution in [3.8, 4) is 0 Å². The number of alkyl halides is 3. The van der Waals surface area contributed by atoms with Gasteiger partial charge in [0.1, 0.15) is 0 Å². The van der Waals surface area contributed by atoms with Gasteiger partial charge < -0.3 is 9.80 Å². The van der Waals surface area contributed by atoms with Crippen LogP contribution in [0.1, 0.15) is 51.8 Å². The highest BCUT2D eigenvalue weighted by Gasteiger charge is 2.40. The zero-order valence-electron chi connectivity index (χ0n) is 17.8. The molecule has 3 rings (SSSR count). The van der Waals surface area contributed by atoms with Crippen LogP contribution >= 0.6 is 0 Å². The quantitative estimate of drug-likeness (QED) is 0.709. The second-order valence-electron chi connectivity index (χ2n) is 9.14. The van der Waals surface area contributed by atoms with E-state index in [1.165, 1.54) is 6.20 Å². The van der Waals surface area contributed by atoms with Gasteiger partial charge in [0.15, 0.2) is 5.69 Å². The van der Waals surface area contributed by atoms with E-state index < -0.39 is 11.9 Å². The molecule has 0 bridgehead atoms. The number of pyridine rings is 1. The lowest BCUT2D eigenvalue weighted by Crippen LogP contribution is -2.49. The van der Waals surface area contributed by atoms with Gasteiger partial charge in [-0.25, -0.2) is 4.98 Å². The molecule has 29 heavy (non-hydrogen) atoms. The molecule has 0 radical (unpaired) electrons. The van der Waals surface area contributed by atoms with E-state index in [9.17, 15) is 18.0 Å². The van der Waals surface area contributed by atoms with Crippen molar-refractivity contribution in [3.05, 3.63) is 23.5 Å². The average Bonchev–Trinajstić information content (AvgIpc) is 2.59. The highest BCUT2D eigenvalue weighted by Crippen LogP contribution is 2.39. The third-order valence-corrected chi connectivity index (χ3v) is 6.73. The van der Waals surface area contributed by atoms with E-state index >= 15 is 0 Å². The smallest absolute Gasteiger partial charge is 0.369 e. The molecule has 0 aromatic carbocycles. The minimum Gasteiger partial charge on any atom is -0.369 e. The number of anilines is 1. The Hall–Kier alpha value is -1.79. The average molecular weight is 412 g/mol. The molecule has 4 nitrogen and oxygen atoms in total. The van der Waals surface area contributed by atoms with Crippen molar-refractivity contribution < 1.29 is 18.0 Å². The molecule has 1 atom stereocenters. The molecule has 2 aliphatic rings. The van der Waals surface area contributed by atoms with Crippen LogP contribution in [-0.2, 0) is 17.4 Å². The fourth-order valence-corrected chi connectivity index (χ4v) is 4.52. The summed E-state index contributed by atoms with van der Waals surface area (Å²) in [4.78, 5) is 19.0. The first-order valence-corrected chi connectivity index (χ1v) is 10.6. The Bertz CT molecular complexity index is 721. The molecule has 0 aliphatic carbocycles. The zero-order chi connectivity index (χ0) is 21.3. The maximum Gasteiger partial charge on any atom is 0.435 e. The summed E-state index contributed by atoms with van der Waals surface area (Å²) >= 11 is 0. The summed E-state index contributed by atoms with van der Waals surface area (Å²) in [5.41, 5.74) is 0.318. The van der Waals surface area contributed by atoms with Crippen LogP contribution in [0.4, 0.5) is 18.9 Å². The number of carbonyl (C=O) groups is 1. The first kappa shape index (κ1) is 21.9. The molecule has 0 N–H and O–H groups in total. The third kappa shape index (κ3) is 5.04. The number of rotatable bonds is 5. The number of hydrogen-bond acceptors (Lipinski definition) is 3. The van der Waals surface area contributed by atoms with E-state index in [2.05, 4.69) is 25.8 Å². The van der Waals surface area contributed by atoms with Crippen LogP contribution in [0.15, 0.2) is 12.3 Å². The molecule has 1 unspecified atom stereocenters. The van der Waals surface area contributed by atoms with Gasteiger partial charge >= 0.3 is 6.18 Å². The highest BCUT2D eigenvalue weighted by atomic mass is 19.4. The van der Waals surface area contributed by atoms with Crippen molar-refractivity contribution in [2.24, 2.45) is 23.7 Å². The van der Waals surface area contributed by atoms with E-state index in [1.807, 2.05) is 9.80 Å². The molecule has 2 fully saturated rings. The number of piperidine rings is 1. The fourth-order valence-electron chi connectivity index (χ4n) is 4.52. The Balaban J connectivity index is 1.70. The lowest BCUT2D eigenvalue weighted by atomic mass is 9.82. The second kappa shape index (κ2) is 8.52. The van der Waals surface area contributed by atoms with Crippen LogP contribution in [0, 0.1) is 23.7 Å². The molecular weight excluding hydrogens is 379 g/mol.